The van der Waals surface area contributed by atoms with Crippen molar-refractivity contribution in [3.8, 4) is 0 Å². The molecule has 2 aliphatic rings. The third-order valence-corrected chi connectivity index (χ3v) is 8.64. The maximum absolute atomic E-state index is 14.0. The van der Waals surface area contributed by atoms with Crippen LogP contribution in [0.5, 0.6) is 0 Å². The van der Waals surface area contributed by atoms with Gasteiger partial charge in [-0.3, -0.25) is 9.69 Å². The van der Waals surface area contributed by atoms with Crippen molar-refractivity contribution in [3.63, 3.8) is 0 Å². The number of rotatable bonds is 6. The fourth-order valence-corrected chi connectivity index (χ4v) is 5.83. The number of carbonyl (C=O) groups is 1. The lowest BCUT2D eigenvalue weighted by atomic mass is 9.99. The van der Waals surface area contributed by atoms with Crippen LogP contribution in [0.4, 0.5) is 27.6 Å². The van der Waals surface area contributed by atoms with Gasteiger partial charge < -0.3 is 9.80 Å². The molecule has 202 valence electrons. The number of sulfonamides is 1. The summed E-state index contributed by atoms with van der Waals surface area (Å²) in [4.78, 5) is 17.2. The molecule has 0 spiro atoms. The minimum Gasteiger partial charge on any atom is -0.368 e. The second kappa shape index (κ2) is 10.5. The number of carbonyl (C=O) groups excluding carboxylic acids is 1. The van der Waals surface area contributed by atoms with Gasteiger partial charge >= 0.3 is 0 Å². The van der Waals surface area contributed by atoms with E-state index in [0.29, 0.717) is 36.9 Å². The lowest BCUT2D eigenvalue weighted by Gasteiger charge is -2.36. The number of hydrogen-bond acceptors (Lipinski definition) is 5. The first-order chi connectivity index (χ1) is 17.4. The Bertz CT molecular complexity index is 1290. The van der Waals surface area contributed by atoms with Crippen LogP contribution >= 0.6 is 0 Å². The first-order valence-corrected chi connectivity index (χ1v) is 13.3. The van der Waals surface area contributed by atoms with Gasteiger partial charge in [-0.05, 0) is 29.7 Å². The monoisotopic (exact) mass is 546 g/mol. The standard InChI is InChI=1S/C24H27F5N4O3S/c1-15(34)32-7-9-33(10-8-32)18-4-3-17-12-31(6-5-16(17)11-18)14-37(35,36)30(2)13-19-20(25)22(27)24(29)23(28)21(19)26/h3-4,11H,5-10,12-14H2,1-2H3. The van der Waals surface area contributed by atoms with Crippen molar-refractivity contribution < 1.29 is 35.2 Å². The predicted molar refractivity (Wildman–Crippen MR) is 127 cm³/mol. The molecule has 0 unspecified atom stereocenters. The van der Waals surface area contributed by atoms with Gasteiger partial charge in [0.05, 0.1) is 0 Å². The molecular weight excluding hydrogens is 519 g/mol. The fraction of sp³-hybridized carbons (Fsp3) is 0.458. The Balaban J connectivity index is 1.41. The number of amides is 1. The van der Waals surface area contributed by atoms with Crippen molar-refractivity contribution >= 4 is 21.6 Å². The average Bonchev–Trinajstić information content (AvgIpc) is 2.88. The van der Waals surface area contributed by atoms with Gasteiger partial charge in [0.15, 0.2) is 23.3 Å². The van der Waals surface area contributed by atoms with Crippen molar-refractivity contribution in [2.45, 2.75) is 26.4 Å². The molecule has 2 aromatic carbocycles. The molecule has 0 atom stereocenters. The summed E-state index contributed by atoms with van der Waals surface area (Å²) in [5.74, 6) is -11.1. The van der Waals surface area contributed by atoms with E-state index in [1.165, 1.54) is 0 Å². The molecule has 0 aromatic heterocycles. The molecule has 13 heteroatoms. The van der Waals surface area contributed by atoms with Crippen LogP contribution in [0.2, 0.25) is 0 Å². The van der Waals surface area contributed by atoms with Crippen molar-refractivity contribution in [2.24, 2.45) is 0 Å². The van der Waals surface area contributed by atoms with Crippen LogP contribution in [0, 0.1) is 29.1 Å². The fourth-order valence-electron chi connectivity index (χ4n) is 4.62. The molecule has 1 saturated heterocycles. The zero-order chi connectivity index (χ0) is 27.1. The van der Waals surface area contributed by atoms with Crippen LogP contribution in [0.25, 0.3) is 0 Å². The van der Waals surface area contributed by atoms with E-state index in [9.17, 15) is 35.2 Å². The first-order valence-electron chi connectivity index (χ1n) is 11.7. The molecule has 4 rings (SSSR count). The van der Waals surface area contributed by atoms with Gasteiger partial charge in [0, 0.05) is 71.0 Å². The SMILES string of the molecule is CC(=O)N1CCN(c2ccc3c(c2)CCN(CS(=O)(=O)N(C)Cc2c(F)c(F)c(F)c(F)c2F)C3)CC1. The van der Waals surface area contributed by atoms with E-state index >= 15 is 0 Å². The smallest absolute Gasteiger partial charge is 0.227 e. The van der Waals surface area contributed by atoms with E-state index in [1.807, 2.05) is 12.1 Å². The Hall–Kier alpha value is -2.77. The third-order valence-electron chi connectivity index (χ3n) is 6.87. The summed E-state index contributed by atoms with van der Waals surface area (Å²) in [6.45, 7) is 4.02. The van der Waals surface area contributed by atoms with Gasteiger partial charge in [0.2, 0.25) is 21.7 Å². The molecule has 0 aliphatic carbocycles. The van der Waals surface area contributed by atoms with Crippen molar-refractivity contribution in [2.75, 3.05) is 50.5 Å². The highest BCUT2D eigenvalue weighted by Crippen LogP contribution is 2.27. The summed E-state index contributed by atoms with van der Waals surface area (Å²) in [6, 6.07) is 5.95. The third kappa shape index (κ3) is 5.58. The summed E-state index contributed by atoms with van der Waals surface area (Å²) in [6.07, 6.45) is 0.577. The quantitative estimate of drug-likeness (QED) is 0.317. The van der Waals surface area contributed by atoms with Crippen LogP contribution in [0.1, 0.15) is 23.6 Å². The summed E-state index contributed by atoms with van der Waals surface area (Å²) < 4.78 is 94.6. The van der Waals surface area contributed by atoms with Crippen LogP contribution < -0.4 is 4.90 Å². The molecule has 2 aliphatic heterocycles. The summed E-state index contributed by atoms with van der Waals surface area (Å²) in [5.41, 5.74) is 1.85. The number of anilines is 1. The van der Waals surface area contributed by atoms with Gasteiger partial charge in [-0.15, -0.1) is 0 Å². The highest BCUT2D eigenvalue weighted by atomic mass is 32.2. The highest BCUT2D eigenvalue weighted by molar-refractivity contribution is 7.88. The van der Waals surface area contributed by atoms with Gasteiger partial charge in [0.1, 0.15) is 5.88 Å². The topological polar surface area (TPSA) is 64.2 Å². The molecule has 2 aromatic rings. The maximum atomic E-state index is 14.0. The van der Waals surface area contributed by atoms with Gasteiger partial charge in [-0.25, -0.2) is 30.4 Å². The van der Waals surface area contributed by atoms with Crippen LogP contribution in [0.3, 0.4) is 0 Å². The average molecular weight is 547 g/mol. The minimum atomic E-state index is -4.12. The molecule has 37 heavy (non-hydrogen) atoms. The molecule has 7 nitrogen and oxygen atoms in total. The largest absolute Gasteiger partial charge is 0.368 e. The van der Waals surface area contributed by atoms with Gasteiger partial charge in [-0.1, -0.05) is 6.07 Å². The van der Waals surface area contributed by atoms with E-state index in [-0.39, 0.29) is 5.91 Å². The number of fused-ring (bicyclic) bond motifs is 1. The van der Waals surface area contributed by atoms with Crippen LogP contribution in [-0.2, 0) is 34.3 Å². The Kier molecular flexibility index (Phi) is 7.77. The Labute approximate surface area is 212 Å². The molecule has 0 saturated carbocycles. The zero-order valence-corrected chi connectivity index (χ0v) is 21.2. The van der Waals surface area contributed by atoms with Crippen molar-refractivity contribution in [1.29, 1.82) is 0 Å². The highest BCUT2D eigenvalue weighted by Gasteiger charge is 2.31. The van der Waals surface area contributed by atoms with E-state index in [4.69, 9.17) is 0 Å². The molecule has 0 bridgehead atoms. The van der Waals surface area contributed by atoms with Crippen molar-refractivity contribution in [1.82, 2.24) is 14.1 Å². The number of piperazine rings is 1. The normalized spacial score (nSPS) is 16.9. The molecule has 0 N–H and O–H groups in total. The molecular formula is C24H27F5N4O3S. The number of nitrogens with zero attached hydrogens (tertiary/aromatic N) is 4. The number of halogens is 5. The predicted octanol–water partition coefficient (Wildman–Crippen LogP) is 2.83. The lowest BCUT2D eigenvalue weighted by Crippen LogP contribution is -2.48. The van der Waals surface area contributed by atoms with E-state index in [2.05, 4.69) is 11.0 Å². The molecule has 1 amide bonds. The number of hydrogen-bond donors (Lipinski definition) is 0. The zero-order valence-electron chi connectivity index (χ0n) is 20.4. The molecule has 2 heterocycles. The molecule has 1 fully saturated rings. The van der Waals surface area contributed by atoms with Crippen molar-refractivity contribution in [3.05, 3.63) is 64.0 Å². The summed E-state index contributed by atoms with van der Waals surface area (Å²) in [7, 11) is -3.09. The van der Waals surface area contributed by atoms with Gasteiger partial charge in [0.25, 0.3) is 0 Å². The van der Waals surface area contributed by atoms with Gasteiger partial charge in [-0.2, -0.15) is 4.31 Å². The first kappa shape index (κ1) is 27.3. The van der Waals surface area contributed by atoms with E-state index in [0.717, 1.165) is 37.0 Å². The maximum Gasteiger partial charge on any atom is 0.227 e. The second-order valence-corrected chi connectivity index (χ2v) is 11.3. The summed E-state index contributed by atoms with van der Waals surface area (Å²) >= 11 is 0. The minimum absolute atomic E-state index is 0.0537. The van der Waals surface area contributed by atoms with Crippen LogP contribution in [-0.4, -0.2) is 74.1 Å². The lowest BCUT2D eigenvalue weighted by molar-refractivity contribution is -0.129. The van der Waals surface area contributed by atoms with E-state index in [1.54, 1.807) is 16.7 Å². The second-order valence-electron chi connectivity index (χ2n) is 9.29. The Morgan fingerprint density at radius 2 is 1.49 bits per heavy atom. The Morgan fingerprint density at radius 3 is 2.08 bits per heavy atom. The summed E-state index contributed by atoms with van der Waals surface area (Å²) in [5, 5.41) is 0. The Morgan fingerprint density at radius 1 is 0.892 bits per heavy atom. The molecule has 0 radical (unpaired) electrons. The van der Waals surface area contributed by atoms with E-state index < -0.39 is 57.1 Å². The number of benzene rings is 2. The van der Waals surface area contributed by atoms with Crippen LogP contribution in [0.15, 0.2) is 18.2 Å².